The van der Waals surface area contributed by atoms with Gasteiger partial charge in [-0.05, 0) is 30.3 Å². The molecular formula is C14H12BrNO3. The predicted octanol–water partition coefficient (Wildman–Crippen LogP) is 3.17. The van der Waals surface area contributed by atoms with Crippen LogP contribution in [0.1, 0.15) is 0 Å². The predicted molar refractivity (Wildman–Crippen MR) is 76.4 cm³/mol. The van der Waals surface area contributed by atoms with Gasteiger partial charge in [0.2, 0.25) is 0 Å². The maximum absolute atomic E-state index is 11.7. The molecule has 0 radical (unpaired) electrons. The van der Waals surface area contributed by atoms with Crippen molar-refractivity contribution in [3.63, 3.8) is 0 Å². The van der Waals surface area contributed by atoms with E-state index in [-0.39, 0.29) is 18.3 Å². The molecule has 19 heavy (non-hydrogen) atoms. The minimum atomic E-state index is -0.332. The molecule has 0 heterocycles. The molecule has 2 N–H and O–H groups in total. The van der Waals surface area contributed by atoms with Crippen molar-refractivity contribution in [2.75, 3.05) is 11.9 Å². The standard InChI is InChI=1S/C14H12BrNO3/c15-10-4-3-5-11(8-10)19-9-14(18)16-12-6-1-2-7-13(12)17/h1-8,17H,9H2,(H,16,18). The summed E-state index contributed by atoms with van der Waals surface area (Å²) in [4.78, 5) is 11.7. The number of ether oxygens (including phenoxy) is 1. The van der Waals surface area contributed by atoms with Gasteiger partial charge in [-0.2, -0.15) is 0 Å². The lowest BCUT2D eigenvalue weighted by Gasteiger charge is -2.08. The Balaban J connectivity index is 1.90. The van der Waals surface area contributed by atoms with Crippen LogP contribution in [0.3, 0.4) is 0 Å². The van der Waals surface area contributed by atoms with E-state index in [1.165, 1.54) is 6.07 Å². The zero-order valence-corrected chi connectivity index (χ0v) is 11.6. The van der Waals surface area contributed by atoms with Gasteiger partial charge in [-0.3, -0.25) is 4.79 Å². The molecule has 0 bridgehead atoms. The van der Waals surface area contributed by atoms with Crippen molar-refractivity contribution in [3.8, 4) is 11.5 Å². The summed E-state index contributed by atoms with van der Waals surface area (Å²) in [5.41, 5.74) is 0.366. The quantitative estimate of drug-likeness (QED) is 0.850. The van der Waals surface area contributed by atoms with Gasteiger partial charge in [0.1, 0.15) is 11.5 Å². The van der Waals surface area contributed by atoms with Crippen LogP contribution >= 0.6 is 15.9 Å². The van der Waals surface area contributed by atoms with Crippen LogP contribution in [0.2, 0.25) is 0 Å². The molecule has 5 heteroatoms. The lowest BCUT2D eigenvalue weighted by atomic mass is 10.3. The van der Waals surface area contributed by atoms with Crippen molar-refractivity contribution < 1.29 is 14.6 Å². The minimum absolute atomic E-state index is 0.0262. The highest BCUT2D eigenvalue weighted by Crippen LogP contribution is 2.21. The summed E-state index contributed by atoms with van der Waals surface area (Å²) in [5.74, 6) is 0.293. The first-order valence-electron chi connectivity index (χ1n) is 5.61. The van der Waals surface area contributed by atoms with E-state index >= 15 is 0 Å². The third-order valence-corrected chi connectivity index (χ3v) is 2.84. The third kappa shape index (κ3) is 3.99. The van der Waals surface area contributed by atoms with E-state index in [1.807, 2.05) is 12.1 Å². The fourth-order valence-corrected chi connectivity index (χ4v) is 1.85. The molecule has 2 rings (SSSR count). The molecule has 2 aromatic rings. The van der Waals surface area contributed by atoms with Crippen LogP contribution in [-0.2, 0) is 4.79 Å². The molecule has 0 aliphatic carbocycles. The Morgan fingerprint density at radius 1 is 1.21 bits per heavy atom. The Labute approximate surface area is 119 Å². The molecule has 0 atom stereocenters. The number of carbonyl (C=O) groups is 1. The average molecular weight is 322 g/mol. The average Bonchev–Trinajstić information content (AvgIpc) is 2.39. The maximum Gasteiger partial charge on any atom is 0.262 e. The number of anilines is 1. The number of benzene rings is 2. The SMILES string of the molecule is O=C(COc1cccc(Br)c1)Nc1ccccc1O. The number of rotatable bonds is 4. The second kappa shape index (κ2) is 6.24. The van der Waals surface area contributed by atoms with Gasteiger partial charge in [0, 0.05) is 4.47 Å². The number of hydrogen-bond donors (Lipinski definition) is 2. The van der Waals surface area contributed by atoms with E-state index in [1.54, 1.807) is 30.3 Å². The first-order valence-corrected chi connectivity index (χ1v) is 6.40. The van der Waals surface area contributed by atoms with Crippen molar-refractivity contribution in [1.82, 2.24) is 0 Å². The molecule has 0 spiro atoms. The van der Waals surface area contributed by atoms with Gasteiger partial charge in [0.15, 0.2) is 6.61 Å². The highest BCUT2D eigenvalue weighted by molar-refractivity contribution is 9.10. The van der Waals surface area contributed by atoms with Crippen molar-refractivity contribution >= 4 is 27.5 Å². The van der Waals surface area contributed by atoms with E-state index in [0.717, 1.165) is 4.47 Å². The zero-order chi connectivity index (χ0) is 13.7. The molecule has 0 aliphatic rings. The monoisotopic (exact) mass is 321 g/mol. The minimum Gasteiger partial charge on any atom is -0.506 e. The number of phenols is 1. The largest absolute Gasteiger partial charge is 0.506 e. The second-order valence-electron chi connectivity index (χ2n) is 3.81. The number of hydrogen-bond acceptors (Lipinski definition) is 3. The Kier molecular flexibility index (Phi) is 4.41. The summed E-state index contributed by atoms with van der Waals surface area (Å²) >= 11 is 3.32. The topological polar surface area (TPSA) is 58.6 Å². The number of amides is 1. The molecule has 0 unspecified atom stereocenters. The van der Waals surface area contributed by atoms with Gasteiger partial charge in [0.25, 0.3) is 5.91 Å². The Morgan fingerprint density at radius 2 is 2.00 bits per heavy atom. The highest BCUT2D eigenvalue weighted by atomic mass is 79.9. The van der Waals surface area contributed by atoms with Crippen molar-refractivity contribution in [2.45, 2.75) is 0 Å². The first-order chi connectivity index (χ1) is 9.15. The van der Waals surface area contributed by atoms with Crippen LogP contribution in [0.15, 0.2) is 53.0 Å². The maximum atomic E-state index is 11.7. The molecule has 0 aliphatic heterocycles. The van der Waals surface area contributed by atoms with Gasteiger partial charge in [-0.1, -0.05) is 34.1 Å². The van der Waals surface area contributed by atoms with Crippen molar-refractivity contribution in [2.24, 2.45) is 0 Å². The Morgan fingerprint density at radius 3 is 2.74 bits per heavy atom. The fraction of sp³-hybridized carbons (Fsp3) is 0.0714. The second-order valence-corrected chi connectivity index (χ2v) is 4.73. The van der Waals surface area contributed by atoms with E-state index in [0.29, 0.717) is 11.4 Å². The van der Waals surface area contributed by atoms with E-state index < -0.39 is 0 Å². The highest BCUT2D eigenvalue weighted by Gasteiger charge is 2.06. The first kappa shape index (κ1) is 13.4. The number of halogens is 1. The lowest BCUT2D eigenvalue weighted by molar-refractivity contribution is -0.118. The Bertz CT molecular complexity index is 586. The number of aromatic hydroxyl groups is 1. The number of phenolic OH excluding ortho intramolecular Hbond substituents is 1. The van der Waals surface area contributed by atoms with Gasteiger partial charge in [0.05, 0.1) is 5.69 Å². The summed E-state index contributed by atoms with van der Waals surface area (Å²) in [7, 11) is 0. The van der Waals surface area contributed by atoms with Crippen LogP contribution in [0, 0.1) is 0 Å². The number of para-hydroxylation sites is 2. The van der Waals surface area contributed by atoms with E-state index in [9.17, 15) is 9.90 Å². The van der Waals surface area contributed by atoms with Crippen LogP contribution in [0.4, 0.5) is 5.69 Å². The van der Waals surface area contributed by atoms with Gasteiger partial charge < -0.3 is 15.2 Å². The lowest BCUT2D eigenvalue weighted by Crippen LogP contribution is -2.20. The third-order valence-electron chi connectivity index (χ3n) is 2.34. The van der Waals surface area contributed by atoms with Gasteiger partial charge in [-0.15, -0.1) is 0 Å². The zero-order valence-electron chi connectivity index (χ0n) is 9.97. The summed E-state index contributed by atoms with van der Waals surface area (Å²) in [5, 5.41) is 12.1. The van der Waals surface area contributed by atoms with Gasteiger partial charge in [-0.25, -0.2) is 0 Å². The molecule has 1 amide bonds. The summed E-state index contributed by atoms with van der Waals surface area (Å²) in [6, 6.07) is 13.8. The molecular weight excluding hydrogens is 310 g/mol. The number of nitrogens with one attached hydrogen (secondary N) is 1. The molecule has 0 aromatic heterocycles. The van der Waals surface area contributed by atoms with Gasteiger partial charge >= 0.3 is 0 Å². The smallest absolute Gasteiger partial charge is 0.262 e. The van der Waals surface area contributed by atoms with Crippen LogP contribution < -0.4 is 10.1 Å². The summed E-state index contributed by atoms with van der Waals surface area (Å²) < 4.78 is 6.22. The molecule has 0 fully saturated rings. The van der Waals surface area contributed by atoms with Crippen LogP contribution in [0.5, 0.6) is 11.5 Å². The normalized spacial score (nSPS) is 9.95. The van der Waals surface area contributed by atoms with Crippen molar-refractivity contribution in [3.05, 3.63) is 53.0 Å². The summed E-state index contributed by atoms with van der Waals surface area (Å²) in [6.07, 6.45) is 0. The van der Waals surface area contributed by atoms with Crippen LogP contribution in [0.25, 0.3) is 0 Å². The van der Waals surface area contributed by atoms with E-state index in [4.69, 9.17) is 4.74 Å². The molecule has 0 saturated carbocycles. The molecule has 98 valence electrons. The molecule has 4 nitrogen and oxygen atoms in total. The fourth-order valence-electron chi connectivity index (χ4n) is 1.47. The van der Waals surface area contributed by atoms with E-state index in [2.05, 4.69) is 21.2 Å². The molecule has 0 saturated heterocycles. The molecule has 2 aromatic carbocycles. The summed E-state index contributed by atoms with van der Waals surface area (Å²) in [6.45, 7) is -0.120. The number of carbonyl (C=O) groups excluding carboxylic acids is 1. The Hall–Kier alpha value is -2.01. The van der Waals surface area contributed by atoms with Crippen molar-refractivity contribution in [1.29, 1.82) is 0 Å². The van der Waals surface area contributed by atoms with Crippen LogP contribution in [-0.4, -0.2) is 17.6 Å².